The van der Waals surface area contributed by atoms with Gasteiger partial charge in [-0.15, -0.1) is 0 Å². The standard InChI is InChI=1S/C15H20N2O/c18-14(11-16-8-3-4-9-16)12-17-10-7-13-5-1-2-6-15(13)17/h1-2,5-7,10,14,18H,3-4,8-9,11-12H2/t14-/m1/s1. The first kappa shape index (κ1) is 11.8. The number of likely N-dealkylation sites (tertiary alicyclic amines) is 1. The monoisotopic (exact) mass is 244 g/mol. The Hall–Kier alpha value is -1.32. The van der Waals surface area contributed by atoms with Crippen LogP contribution in [-0.4, -0.2) is 40.3 Å². The molecule has 1 aliphatic heterocycles. The second kappa shape index (κ2) is 5.12. The molecule has 1 atom stereocenters. The lowest BCUT2D eigenvalue weighted by molar-refractivity contribution is 0.110. The maximum absolute atomic E-state index is 10.2. The highest BCUT2D eigenvalue weighted by molar-refractivity contribution is 5.79. The second-order valence-electron chi connectivity index (χ2n) is 5.19. The van der Waals surface area contributed by atoms with Gasteiger partial charge in [-0.1, -0.05) is 18.2 Å². The Balaban J connectivity index is 1.67. The molecule has 2 aromatic rings. The summed E-state index contributed by atoms with van der Waals surface area (Å²) in [6, 6.07) is 10.4. The number of benzene rings is 1. The van der Waals surface area contributed by atoms with Crippen molar-refractivity contribution in [1.29, 1.82) is 0 Å². The smallest absolute Gasteiger partial charge is 0.0845 e. The van der Waals surface area contributed by atoms with E-state index in [1.807, 2.05) is 12.1 Å². The molecule has 0 spiro atoms. The van der Waals surface area contributed by atoms with Gasteiger partial charge in [-0.3, -0.25) is 0 Å². The normalized spacial score (nSPS) is 18.5. The van der Waals surface area contributed by atoms with Gasteiger partial charge < -0.3 is 14.6 Å². The zero-order valence-electron chi connectivity index (χ0n) is 10.6. The van der Waals surface area contributed by atoms with Crippen LogP contribution in [0.15, 0.2) is 36.5 Å². The van der Waals surface area contributed by atoms with E-state index in [4.69, 9.17) is 0 Å². The number of aliphatic hydroxyl groups excluding tert-OH is 1. The minimum Gasteiger partial charge on any atom is -0.390 e. The average molecular weight is 244 g/mol. The Morgan fingerprint density at radius 3 is 2.67 bits per heavy atom. The lowest BCUT2D eigenvalue weighted by Crippen LogP contribution is -2.32. The topological polar surface area (TPSA) is 28.4 Å². The predicted molar refractivity (Wildman–Crippen MR) is 73.6 cm³/mol. The van der Waals surface area contributed by atoms with Gasteiger partial charge in [0.25, 0.3) is 0 Å². The van der Waals surface area contributed by atoms with Gasteiger partial charge in [0.2, 0.25) is 0 Å². The van der Waals surface area contributed by atoms with Crippen molar-refractivity contribution in [1.82, 2.24) is 9.47 Å². The van der Waals surface area contributed by atoms with Gasteiger partial charge >= 0.3 is 0 Å². The molecule has 18 heavy (non-hydrogen) atoms. The molecule has 3 heteroatoms. The molecule has 3 rings (SSSR count). The fourth-order valence-corrected chi connectivity index (χ4v) is 2.85. The molecule has 0 unspecified atom stereocenters. The van der Waals surface area contributed by atoms with Crippen LogP contribution in [0, 0.1) is 0 Å². The highest BCUT2D eigenvalue weighted by atomic mass is 16.3. The quantitative estimate of drug-likeness (QED) is 0.892. The molecule has 1 aliphatic rings. The first-order valence-corrected chi connectivity index (χ1v) is 6.77. The van der Waals surface area contributed by atoms with E-state index in [-0.39, 0.29) is 6.10 Å². The molecule has 0 aliphatic carbocycles. The van der Waals surface area contributed by atoms with Gasteiger partial charge in [-0.2, -0.15) is 0 Å². The van der Waals surface area contributed by atoms with Crippen molar-refractivity contribution in [3.8, 4) is 0 Å². The van der Waals surface area contributed by atoms with Gasteiger partial charge in [0.15, 0.2) is 0 Å². The van der Waals surface area contributed by atoms with Crippen LogP contribution in [0.4, 0.5) is 0 Å². The van der Waals surface area contributed by atoms with Crippen LogP contribution in [0.25, 0.3) is 10.9 Å². The number of hydrogen-bond donors (Lipinski definition) is 1. The molecular formula is C15H20N2O. The van der Waals surface area contributed by atoms with E-state index in [0.717, 1.165) is 19.6 Å². The van der Waals surface area contributed by atoms with E-state index >= 15 is 0 Å². The maximum Gasteiger partial charge on any atom is 0.0845 e. The lowest BCUT2D eigenvalue weighted by Gasteiger charge is -2.20. The average Bonchev–Trinajstić information content (AvgIpc) is 3.00. The number of aromatic nitrogens is 1. The summed E-state index contributed by atoms with van der Waals surface area (Å²) in [7, 11) is 0. The first-order valence-electron chi connectivity index (χ1n) is 6.77. The summed E-state index contributed by atoms with van der Waals surface area (Å²) in [5.41, 5.74) is 1.21. The van der Waals surface area contributed by atoms with E-state index in [0.29, 0.717) is 6.54 Å². The van der Waals surface area contributed by atoms with Crippen molar-refractivity contribution >= 4 is 10.9 Å². The van der Waals surface area contributed by atoms with Crippen LogP contribution in [0.5, 0.6) is 0 Å². The molecule has 0 bridgehead atoms. The van der Waals surface area contributed by atoms with E-state index in [1.54, 1.807) is 0 Å². The summed E-state index contributed by atoms with van der Waals surface area (Å²) in [5.74, 6) is 0. The number of fused-ring (bicyclic) bond motifs is 1. The molecular weight excluding hydrogens is 224 g/mol. The van der Waals surface area contributed by atoms with Crippen molar-refractivity contribution in [3.05, 3.63) is 36.5 Å². The van der Waals surface area contributed by atoms with Crippen LogP contribution in [-0.2, 0) is 6.54 Å². The zero-order chi connectivity index (χ0) is 12.4. The molecule has 1 aromatic heterocycles. The second-order valence-corrected chi connectivity index (χ2v) is 5.19. The third-order valence-corrected chi connectivity index (χ3v) is 3.76. The lowest BCUT2D eigenvalue weighted by atomic mass is 10.2. The Bertz CT molecular complexity index is 514. The minimum absolute atomic E-state index is 0.279. The molecule has 1 aromatic carbocycles. The Morgan fingerprint density at radius 2 is 1.83 bits per heavy atom. The number of hydrogen-bond acceptors (Lipinski definition) is 2. The van der Waals surface area contributed by atoms with Gasteiger partial charge in [-0.05, 0) is 43.5 Å². The zero-order valence-corrected chi connectivity index (χ0v) is 10.6. The molecule has 96 valence electrons. The van der Waals surface area contributed by atoms with Crippen molar-refractivity contribution in [3.63, 3.8) is 0 Å². The van der Waals surface area contributed by atoms with E-state index in [9.17, 15) is 5.11 Å². The molecule has 2 heterocycles. The predicted octanol–water partition coefficient (Wildman–Crippen LogP) is 2.10. The number of aliphatic hydroxyl groups is 1. The van der Waals surface area contributed by atoms with E-state index in [2.05, 4.69) is 33.9 Å². The molecule has 0 radical (unpaired) electrons. The highest BCUT2D eigenvalue weighted by Crippen LogP contribution is 2.16. The molecule has 1 fully saturated rings. The third kappa shape index (κ3) is 2.42. The fourth-order valence-electron chi connectivity index (χ4n) is 2.85. The van der Waals surface area contributed by atoms with Crippen LogP contribution in [0.2, 0.25) is 0 Å². The van der Waals surface area contributed by atoms with Crippen LogP contribution in [0.3, 0.4) is 0 Å². The Kier molecular flexibility index (Phi) is 3.35. The van der Waals surface area contributed by atoms with Crippen LogP contribution in [0.1, 0.15) is 12.8 Å². The summed E-state index contributed by atoms with van der Waals surface area (Å²) in [5, 5.41) is 11.4. The number of para-hydroxylation sites is 1. The number of β-amino-alcohol motifs (C(OH)–C–C–N with tert-alkyl or cyclic N) is 1. The van der Waals surface area contributed by atoms with E-state index in [1.165, 1.54) is 23.7 Å². The van der Waals surface area contributed by atoms with Crippen molar-refractivity contribution < 1.29 is 5.11 Å². The van der Waals surface area contributed by atoms with Crippen LogP contribution >= 0.6 is 0 Å². The molecule has 3 nitrogen and oxygen atoms in total. The third-order valence-electron chi connectivity index (χ3n) is 3.76. The Labute approximate surface area is 108 Å². The SMILES string of the molecule is O[C@H](CN1CCCC1)Cn1ccc2ccccc21. The van der Waals surface area contributed by atoms with Crippen molar-refractivity contribution in [2.24, 2.45) is 0 Å². The largest absolute Gasteiger partial charge is 0.390 e. The van der Waals surface area contributed by atoms with Crippen molar-refractivity contribution in [2.75, 3.05) is 19.6 Å². The fraction of sp³-hybridized carbons (Fsp3) is 0.467. The molecule has 0 saturated carbocycles. The highest BCUT2D eigenvalue weighted by Gasteiger charge is 2.16. The maximum atomic E-state index is 10.2. The van der Waals surface area contributed by atoms with E-state index < -0.39 is 0 Å². The summed E-state index contributed by atoms with van der Waals surface area (Å²) < 4.78 is 2.15. The molecule has 0 amide bonds. The summed E-state index contributed by atoms with van der Waals surface area (Å²) in [4.78, 5) is 2.36. The van der Waals surface area contributed by atoms with Gasteiger partial charge in [0, 0.05) is 24.8 Å². The first-order chi connectivity index (χ1) is 8.83. The van der Waals surface area contributed by atoms with Gasteiger partial charge in [0.05, 0.1) is 6.10 Å². The summed E-state index contributed by atoms with van der Waals surface area (Å²) >= 11 is 0. The summed E-state index contributed by atoms with van der Waals surface area (Å²) in [6.07, 6.45) is 4.34. The van der Waals surface area contributed by atoms with Gasteiger partial charge in [0.1, 0.15) is 0 Å². The van der Waals surface area contributed by atoms with Crippen molar-refractivity contribution in [2.45, 2.75) is 25.5 Å². The minimum atomic E-state index is -0.279. The summed E-state index contributed by atoms with van der Waals surface area (Å²) in [6.45, 7) is 3.77. The van der Waals surface area contributed by atoms with Gasteiger partial charge in [-0.25, -0.2) is 0 Å². The number of nitrogens with zero attached hydrogens (tertiary/aromatic N) is 2. The molecule has 1 saturated heterocycles. The number of rotatable bonds is 4. The van der Waals surface area contributed by atoms with Crippen LogP contribution < -0.4 is 0 Å². The Morgan fingerprint density at radius 1 is 1.06 bits per heavy atom. The molecule has 1 N–H and O–H groups in total.